The lowest BCUT2D eigenvalue weighted by atomic mass is 9.91. The molecule has 0 spiro atoms. The monoisotopic (exact) mass is 361 g/mol. The van der Waals surface area contributed by atoms with Crippen LogP contribution in [0, 0.1) is 0 Å². The van der Waals surface area contributed by atoms with E-state index in [1.165, 1.54) is 11.1 Å². The quantitative estimate of drug-likeness (QED) is 0.368. The number of nitrogens with one attached hydrogen (secondary N) is 2. The maximum atomic E-state index is 4.36. The Kier molecular flexibility index (Phi) is 7.04. The summed E-state index contributed by atoms with van der Waals surface area (Å²) in [6.07, 6.45) is 6.65. The first-order valence-electron chi connectivity index (χ1n) is 9.37. The predicted molar refractivity (Wildman–Crippen MR) is 111 cm³/mol. The zero-order valence-electron chi connectivity index (χ0n) is 15.8. The smallest absolute Gasteiger partial charge is 0.191 e. The summed E-state index contributed by atoms with van der Waals surface area (Å²) in [6.45, 7) is 2.59. The Morgan fingerprint density at radius 3 is 2.22 bits per heavy atom. The van der Waals surface area contributed by atoms with Crippen molar-refractivity contribution in [1.29, 1.82) is 0 Å². The van der Waals surface area contributed by atoms with Crippen LogP contribution in [0.25, 0.3) is 0 Å². The number of aromatic nitrogens is 2. The fourth-order valence-electron chi connectivity index (χ4n) is 3.11. The summed E-state index contributed by atoms with van der Waals surface area (Å²) in [5.74, 6) is 1.11. The second-order valence-electron chi connectivity index (χ2n) is 6.41. The van der Waals surface area contributed by atoms with Gasteiger partial charge in [0.25, 0.3) is 0 Å². The Morgan fingerprint density at radius 1 is 1.00 bits per heavy atom. The topological polar surface area (TPSA) is 54.2 Å². The molecule has 0 aliphatic heterocycles. The van der Waals surface area contributed by atoms with Crippen LogP contribution in [0.5, 0.6) is 0 Å². The molecule has 0 saturated heterocycles. The normalized spacial score (nSPS) is 11.6. The minimum Gasteiger partial charge on any atom is -0.356 e. The third-order valence-corrected chi connectivity index (χ3v) is 4.55. The molecule has 0 saturated carbocycles. The Balaban J connectivity index is 1.55. The highest BCUT2D eigenvalue weighted by molar-refractivity contribution is 5.79. The van der Waals surface area contributed by atoms with Crippen molar-refractivity contribution < 1.29 is 0 Å². The number of aliphatic imine (C=N–C) groups is 1. The summed E-state index contributed by atoms with van der Waals surface area (Å²) >= 11 is 0. The molecular weight excluding hydrogens is 334 g/mol. The summed E-state index contributed by atoms with van der Waals surface area (Å²) in [7, 11) is 1.81. The molecule has 1 heterocycles. The average Bonchev–Trinajstić information content (AvgIpc) is 3.25. The molecule has 1 aromatic heterocycles. The number of guanidine groups is 1. The first kappa shape index (κ1) is 18.7. The lowest BCUT2D eigenvalue weighted by Gasteiger charge is -2.20. The molecule has 0 bridgehead atoms. The summed E-state index contributed by atoms with van der Waals surface area (Å²) in [6, 6.07) is 21.2. The minimum absolute atomic E-state index is 0.275. The van der Waals surface area contributed by atoms with E-state index in [4.69, 9.17) is 0 Å². The molecule has 3 rings (SSSR count). The van der Waals surface area contributed by atoms with Gasteiger partial charge in [0.05, 0.1) is 6.33 Å². The van der Waals surface area contributed by atoms with Crippen molar-refractivity contribution in [3.05, 3.63) is 90.5 Å². The molecule has 5 heteroatoms. The van der Waals surface area contributed by atoms with Gasteiger partial charge in [-0.1, -0.05) is 60.7 Å². The van der Waals surface area contributed by atoms with Crippen molar-refractivity contribution in [2.24, 2.45) is 4.99 Å². The maximum absolute atomic E-state index is 4.36. The number of aryl methyl sites for hydroxylation is 1. The highest BCUT2D eigenvalue weighted by Gasteiger charge is 2.14. The third kappa shape index (κ3) is 5.71. The maximum Gasteiger partial charge on any atom is 0.191 e. The molecule has 5 nitrogen and oxygen atoms in total. The van der Waals surface area contributed by atoms with E-state index in [2.05, 4.69) is 85.8 Å². The molecular formula is C22H27N5. The molecule has 0 aliphatic rings. The van der Waals surface area contributed by atoms with Gasteiger partial charge in [0, 0.05) is 45.0 Å². The van der Waals surface area contributed by atoms with Gasteiger partial charge < -0.3 is 15.2 Å². The lowest BCUT2D eigenvalue weighted by molar-refractivity contribution is 0.622. The van der Waals surface area contributed by atoms with Gasteiger partial charge in [-0.15, -0.1) is 0 Å². The van der Waals surface area contributed by atoms with Gasteiger partial charge in [0.15, 0.2) is 5.96 Å². The van der Waals surface area contributed by atoms with E-state index in [-0.39, 0.29) is 5.92 Å². The number of benzene rings is 2. The van der Waals surface area contributed by atoms with Crippen LogP contribution in [-0.2, 0) is 6.54 Å². The number of rotatable bonds is 8. The van der Waals surface area contributed by atoms with Crippen LogP contribution in [0.1, 0.15) is 23.5 Å². The van der Waals surface area contributed by atoms with E-state index in [0.717, 1.165) is 32.0 Å². The van der Waals surface area contributed by atoms with E-state index < -0.39 is 0 Å². The van der Waals surface area contributed by atoms with E-state index in [1.54, 1.807) is 6.20 Å². The fraction of sp³-hybridized carbons (Fsp3) is 0.273. The third-order valence-electron chi connectivity index (χ3n) is 4.55. The summed E-state index contributed by atoms with van der Waals surface area (Å²) < 4.78 is 2.08. The molecule has 140 valence electrons. The number of hydrogen-bond donors (Lipinski definition) is 2. The number of imidazole rings is 1. The molecule has 0 amide bonds. The molecule has 2 aromatic carbocycles. The van der Waals surface area contributed by atoms with Gasteiger partial charge in [-0.3, -0.25) is 4.99 Å². The first-order chi connectivity index (χ1) is 13.4. The molecule has 0 aliphatic carbocycles. The summed E-state index contributed by atoms with van der Waals surface area (Å²) in [5, 5.41) is 6.88. The molecule has 0 radical (unpaired) electrons. The van der Waals surface area contributed by atoms with Gasteiger partial charge in [0.2, 0.25) is 0 Å². The molecule has 0 atom stereocenters. The Morgan fingerprint density at radius 2 is 1.67 bits per heavy atom. The van der Waals surface area contributed by atoms with Gasteiger partial charge >= 0.3 is 0 Å². The second kappa shape index (κ2) is 10.2. The van der Waals surface area contributed by atoms with Crippen LogP contribution < -0.4 is 10.6 Å². The van der Waals surface area contributed by atoms with Crippen molar-refractivity contribution >= 4 is 5.96 Å². The minimum atomic E-state index is 0.275. The summed E-state index contributed by atoms with van der Waals surface area (Å²) in [5.41, 5.74) is 2.60. The largest absolute Gasteiger partial charge is 0.356 e. The number of nitrogens with zero attached hydrogens (tertiary/aromatic N) is 3. The van der Waals surface area contributed by atoms with Crippen LogP contribution in [0.15, 0.2) is 84.4 Å². The number of hydrogen-bond acceptors (Lipinski definition) is 2. The van der Waals surface area contributed by atoms with Crippen molar-refractivity contribution in [2.45, 2.75) is 18.9 Å². The van der Waals surface area contributed by atoms with Crippen molar-refractivity contribution in [1.82, 2.24) is 20.2 Å². The van der Waals surface area contributed by atoms with Crippen LogP contribution in [-0.4, -0.2) is 35.6 Å². The molecule has 3 aromatic rings. The average molecular weight is 361 g/mol. The van der Waals surface area contributed by atoms with E-state index in [1.807, 2.05) is 19.6 Å². The van der Waals surface area contributed by atoms with E-state index in [0.29, 0.717) is 0 Å². The van der Waals surface area contributed by atoms with E-state index >= 15 is 0 Å². The van der Waals surface area contributed by atoms with Gasteiger partial charge in [0.1, 0.15) is 0 Å². The first-order valence-corrected chi connectivity index (χ1v) is 9.37. The van der Waals surface area contributed by atoms with Crippen molar-refractivity contribution in [2.75, 3.05) is 20.1 Å². The molecule has 2 N–H and O–H groups in total. The lowest BCUT2D eigenvalue weighted by Crippen LogP contribution is -2.40. The zero-order valence-corrected chi connectivity index (χ0v) is 15.8. The van der Waals surface area contributed by atoms with Crippen LogP contribution in [0.4, 0.5) is 0 Å². The highest BCUT2D eigenvalue weighted by Crippen LogP contribution is 2.23. The van der Waals surface area contributed by atoms with Crippen LogP contribution in [0.3, 0.4) is 0 Å². The van der Waals surface area contributed by atoms with Gasteiger partial charge in [-0.05, 0) is 17.5 Å². The Bertz CT molecular complexity index is 758. The fourth-order valence-corrected chi connectivity index (χ4v) is 3.11. The van der Waals surface area contributed by atoms with Crippen molar-refractivity contribution in [3.63, 3.8) is 0 Å². The molecule has 27 heavy (non-hydrogen) atoms. The Labute approximate surface area is 161 Å². The molecule has 0 unspecified atom stereocenters. The predicted octanol–water partition coefficient (Wildman–Crippen LogP) is 3.27. The SMILES string of the molecule is CN=C(NCCCn1ccnc1)NCC(c1ccccc1)c1ccccc1. The van der Waals surface area contributed by atoms with Gasteiger partial charge in [-0.25, -0.2) is 4.98 Å². The highest BCUT2D eigenvalue weighted by atomic mass is 15.2. The standard InChI is InChI=1S/C22H27N5/c1-23-22(25-13-8-15-27-16-14-24-18-27)26-17-21(19-9-4-2-5-10-19)20-11-6-3-7-12-20/h2-7,9-12,14,16,18,21H,8,13,15,17H2,1H3,(H2,23,25,26). The Hall–Kier alpha value is -3.08. The van der Waals surface area contributed by atoms with Crippen LogP contribution in [0.2, 0.25) is 0 Å². The van der Waals surface area contributed by atoms with Gasteiger partial charge in [-0.2, -0.15) is 0 Å². The zero-order chi connectivity index (χ0) is 18.7. The van der Waals surface area contributed by atoms with E-state index in [9.17, 15) is 0 Å². The second-order valence-corrected chi connectivity index (χ2v) is 6.41. The van der Waals surface area contributed by atoms with Crippen LogP contribution >= 0.6 is 0 Å². The van der Waals surface area contributed by atoms with Crippen molar-refractivity contribution in [3.8, 4) is 0 Å². The summed E-state index contributed by atoms with van der Waals surface area (Å²) in [4.78, 5) is 8.42. The molecule has 0 fully saturated rings.